The first-order valence-electron chi connectivity index (χ1n) is 8.94. The standard InChI is InChI=1S/C21H28N2O2/c1-3-4-5-9-14-25-20-13-12-19(15-21(20)24-2)17-23-22-16-18-10-7-6-8-11-18/h6-8,10-13,15,17,22H,3-5,9,14,16H2,1-2H3. The summed E-state index contributed by atoms with van der Waals surface area (Å²) in [7, 11) is 1.66. The Morgan fingerprint density at radius 1 is 1.00 bits per heavy atom. The van der Waals surface area contributed by atoms with Gasteiger partial charge in [-0.2, -0.15) is 5.10 Å². The van der Waals surface area contributed by atoms with Gasteiger partial charge in [0.25, 0.3) is 0 Å². The molecule has 0 atom stereocenters. The second-order valence-corrected chi connectivity index (χ2v) is 5.90. The molecule has 0 aliphatic rings. The molecule has 0 bridgehead atoms. The van der Waals surface area contributed by atoms with Gasteiger partial charge in [0.15, 0.2) is 11.5 Å². The number of ether oxygens (including phenoxy) is 2. The zero-order valence-electron chi connectivity index (χ0n) is 15.2. The van der Waals surface area contributed by atoms with Crippen LogP contribution < -0.4 is 14.9 Å². The zero-order chi connectivity index (χ0) is 17.7. The average molecular weight is 340 g/mol. The summed E-state index contributed by atoms with van der Waals surface area (Å²) in [5.74, 6) is 1.52. The Kier molecular flexibility index (Phi) is 8.39. The molecule has 0 saturated heterocycles. The van der Waals surface area contributed by atoms with E-state index >= 15 is 0 Å². The average Bonchev–Trinajstić information content (AvgIpc) is 2.66. The Morgan fingerprint density at radius 3 is 2.60 bits per heavy atom. The monoisotopic (exact) mass is 340 g/mol. The Labute approximate surface area is 150 Å². The number of hydrazone groups is 1. The molecule has 0 aliphatic heterocycles. The van der Waals surface area contributed by atoms with Crippen LogP contribution in [0.25, 0.3) is 0 Å². The van der Waals surface area contributed by atoms with E-state index in [0.29, 0.717) is 6.54 Å². The first-order chi connectivity index (χ1) is 12.3. The fraction of sp³-hybridized carbons (Fsp3) is 0.381. The molecule has 25 heavy (non-hydrogen) atoms. The topological polar surface area (TPSA) is 42.8 Å². The Bertz CT molecular complexity index is 642. The Morgan fingerprint density at radius 2 is 1.84 bits per heavy atom. The molecule has 0 aliphatic carbocycles. The molecule has 0 unspecified atom stereocenters. The number of nitrogens with one attached hydrogen (secondary N) is 1. The minimum atomic E-state index is 0.702. The normalized spacial score (nSPS) is 10.8. The fourth-order valence-corrected chi connectivity index (χ4v) is 2.45. The van der Waals surface area contributed by atoms with E-state index in [1.165, 1.54) is 24.8 Å². The van der Waals surface area contributed by atoms with Crippen molar-refractivity contribution in [2.75, 3.05) is 13.7 Å². The molecule has 2 aromatic rings. The summed E-state index contributed by atoms with van der Waals surface area (Å²) >= 11 is 0. The molecule has 134 valence electrons. The van der Waals surface area contributed by atoms with Crippen LogP contribution in [0, 0.1) is 0 Å². The van der Waals surface area contributed by atoms with Crippen molar-refractivity contribution in [2.24, 2.45) is 5.10 Å². The molecule has 0 heterocycles. The summed E-state index contributed by atoms with van der Waals surface area (Å²) in [5.41, 5.74) is 5.22. The molecule has 1 N–H and O–H groups in total. The molecule has 4 nitrogen and oxygen atoms in total. The van der Waals surface area contributed by atoms with Gasteiger partial charge in [0, 0.05) is 0 Å². The van der Waals surface area contributed by atoms with Gasteiger partial charge in [-0.3, -0.25) is 0 Å². The smallest absolute Gasteiger partial charge is 0.161 e. The molecule has 0 saturated carbocycles. The van der Waals surface area contributed by atoms with Crippen molar-refractivity contribution in [3.05, 3.63) is 59.7 Å². The number of unbranched alkanes of at least 4 members (excludes halogenated alkanes) is 3. The van der Waals surface area contributed by atoms with Crippen molar-refractivity contribution in [3.63, 3.8) is 0 Å². The molecule has 2 aromatic carbocycles. The van der Waals surface area contributed by atoms with Gasteiger partial charge >= 0.3 is 0 Å². The number of hydrogen-bond donors (Lipinski definition) is 1. The zero-order valence-corrected chi connectivity index (χ0v) is 15.2. The summed E-state index contributed by atoms with van der Waals surface area (Å²) in [6, 6.07) is 16.0. The third-order valence-corrected chi connectivity index (χ3v) is 3.87. The fourth-order valence-electron chi connectivity index (χ4n) is 2.45. The van der Waals surface area contributed by atoms with Crippen LogP contribution in [0.5, 0.6) is 11.5 Å². The van der Waals surface area contributed by atoms with Gasteiger partial charge < -0.3 is 14.9 Å². The number of benzene rings is 2. The van der Waals surface area contributed by atoms with Crippen molar-refractivity contribution in [1.82, 2.24) is 5.43 Å². The lowest BCUT2D eigenvalue weighted by Gasteiger charge is -2.11. The van der Waals surface area contributed by atoms with Crippen molar-refractivity contribution in [2.45, 2.75) is 39.2 Å². The highest BCUT2D eigenvalue weighted by molar-refractivity contribution is 5.80. The maximum Gasteiger partial charge on any atom is 0.161 e. The van der Waals surface area contributed by atoms with Crippen LogP contribution in [-0.4, -0.2) is 19.9 Å². The first-order valence-corrected chi connectivity index (χ1v) is 8.94. The van der Waals surface area contributed by atoms with Crippen LogP contribution in [0.4, 0.5) is 0 Å². The highest BCUT2D eigenvalue weighted by Crippen LogP contribution is 2.27. The minimum absolute atomic E-state index is 0.702. The van der Waals surface area contributed by atoms with E-state index in [1.54, 1.807) is 13.3 Å². The van der Waals surface area contributed by atoms with E-state index < -0.39 is 0 Å². The predicted molar refractivity (Wildman–Crippen MR) is 104 cm³/mol. The summed E-state index contributed by atoms with van der Waals surface area (Å²) in [5, 5.41) is 4.27. The largest absolute Gasteiger partial charge is 0.493 e. The van der Waals surface area contributed by atoms with E-state index in [-0.39, 0.29) is 0 Å². The van der Waals surface area contributed by atoms with Crippen molar-refractivity contribution >= 4 is 6.21 Å². The lowest BCUT2D eigenvalue weighted by atomic mass is 10.2. The molecule has 0 radical (unpaired) electrons. The van der Waals surface area contributed by atoms with E-state index in [9.17, 15) is 0 Å². The third-order valence-electron chi connectivity index (χ3n) is 3.87. The summed E-state index contributed by atoms with van der Waals surface area (Å²) in [4.78, 5) is 0. The van der Waals surface area contributed by atoms with Crippen LogP contribution in [0.3, 0.4) is 0 Å². The van der Waals surface area contributed by atoms with E-state index in [0.717, 1.165) is 30.1 Å². The highest BCUT2D eigenvalue weighted by Gasteiger charge is 2.05. The quantitative estimate of drug-likeness (QED) is 0.364. The SMILES string of the molecule is CCCCCCOc1ccc(C=NNCc2ccccc2)cc1OC. The second kappa shape index (κ2) is 11.1. The van der Waals surface area contributed by atoms with Gasteiger partial charge in [0.05, 0.1) is 26.5 Å². The van der Waals surface area contributed by atoms with Gasteiger partial charge in [-0.15, -0.1) is 0 Å². The van der Waals surface area contributed by atoms with Crippen molar-refractivity contribution in [1.29, 1.82) is 0 Å². The molecule has 0 aromatic heterocycles. The van der Waals surface area contributed by atoms with Crippen LogP contribution in [0.1, 0.15) is 43.7 Å². The summed E-state index contributed by atoms with van der Waals surface area (Å²) in [6.07, 6.45) is 6.55. The maximum atomic E-state index is 5.83. The number of nitrogens with zero attached hydrogens (tertiary/aromatic N) is 1. The molecule has 0 amide bonds. The molecular formula is C21H28N2O2. The van der Waals surface area contributed by atoms with Crippen LogP contribution in [-0.2, 0) is 6.54 Å². The van der Waals surface area contributed by atoms with Gasteiger partial charge in [-0.25, -0.2) is 0 Å². The number of rotatable bonds is 11. The van der Waals surface area contributed by atoms with Gasteiger partial charge in [-0.05, 0) is 35.7 Å². The predicted octanol–water partition coefficient (Wildman–Crippen LogP) is 4.78. The molecule has 4 heteroatoms. The van der Waals surface area contributed by atoms with Gasteiger partial charge in [0.2, 0.25) is 0 Å². The second-order valence-electron chi connectivity index (χ2n) is 5.90. The third kappa shape index (κ3) is 6.87. The van der Waals surface area contributed by atoms with Crippen LogP contribution in [0.2, 0.25) is 0 Å². The Balaban J connectivity index is 1.83. The Hall–Kier alpha value is -2.49. The number of hydrogen-bond acceptors (Lipinski definition) is 4. The van der Waals surface area contributed by atoms with Crippen molar-refractivity contribution in [3.8, 4) is 11.5 Å². The van der Waals surface area contributed by atoms with E-state index in [2.05, 4.69) is 29.6 Å². The van der Waals surface area contributed by atoms with Gasteiger partial charge in [-0.1, -0.05) is 56.5 Å². The van der Waals surface area contributed by atoms with Gasteiger partial charge in [0.1, 0.15) is 0 Å². The number of methoxy groups -OCH3 is 1. The highest BCUT2D eigenvalue weighted by atomic mass is 16.5. The summed E-state index contributed by atoms with van der Waals surface area (Å²) in [6.45, 7) is 3.63. The van der Waals surface area contributed by atoms with Crippen LogP contribution >= 0.6 is 0 Å². The van der Waals surface area contributed by atoms with E-state index in [1.807, 2.05) is 36.4 Å². The lowest BCUT2D eigenvalue weighted by molar-refractivity contribution is 0.285. The summed E-state index contributed by atoms with van der Waals surface area (Å²) < 4.78 is 11.3. The lowest BCUT2D eigenvalue weighted by Crippen LogP contribution is -2.05. The molecule has 2 rings (SSSR count). The molecular weight excluding hydrogens is 312 g/mol. The molecule has 0 fully saturated rings. The van der Waals surface area contributed by atoms with Crippen LogP contribution in [0.15, 0.2) is 53.6 Å². The molecule has 0 spiro atoms. The van der Waals surface area contributed by atoms with Crippen molar-refractivity contribution < 1.29 is 9.47 Å². The van der Waals surface area contributed by atoms with E-state index in [4.69, 9.17) is 9.47 Å². The minimum Gasteiger partial charge on any atom is -0.493 e. The maximum absolute atomic E-state index is 5.83. The first kappa shape index (κ1) is 18.8.